The summed E-state index contributed by atoms with van der Waals surface area (Å²) in [6.07, 6.45) is 1.31. The number of halogens is 1. The zero-order valence-corrected chi connectivity index (χ0v) is 16.2. The molecule has 9 heteroatoms. The second kappa shape index (κ2) is 8.59. The minimum atomic E-state index is -0.534. The number of nitrogens with one attached hydrogen (secondary N) is 1. The van der Waals surface area contributed by atoms with Crippen LogP contribution in [0.2, 0.25) is 0 Å². The molecule has 0 fully saturated rings. The fraction of sp³-hybridized carbons (Fsp3) is 0.250. The zero-order chi connectivity index (χ0) is 21.0. The van der Waals surface area contributed by atoms with Crippen molar-refractivity contribution in [2.75, 3.05) is 25.6 Å². The summed E-state index contributed by atoms with van der Waals surface area (Å²) in [6, 6.07) is 5.65. The van der Waals surface area contributed by atoms with Crippen LogP contribution in [0.1, 0.15) is 12.5 Å². The van der Waals surface area contributed by atoms with Gasteiger partial charge in [-0.05, 0) is 32.0 Å². The highest BCUT2D eigenvalue weighted by Crippen LogP contribution is 2.36. The molecule has 2 N–H and O–H groups in total. The Morgan fingerprint density at radius 1 is 1.24 bits per heavy atom. The number of anilines is 2. The summed E-state index contributed by atoms with van der Waals surface area (Å²) in [7, 11) is 1.45. The second-order valence-corrected chi connectivity index (χ2v) is 6.03. The fourth-order valence-corrected chi connectivity index (χ4v) is 2.71. The maximum absolute atomic E-state index is 14.3. The number of phenolic OH excluding ortho intramolecular Hbond substituents is 1. The highest BCUT2D eigenvalue weighted by molar-refractivity contribution is 5.93. The molecule has 3 rings (SSSR count). The Morgan fingerprint density at radius 2 is 2.03 bits per heavy atom. The molecule has 152 valence electrons. The molecular weight excluding hydrogens is 381 g/mol. The minimum Gasteiger partial charge on any atom is -0.508 e. The van der Waals surface area contributed by atoms with Gasteiger partial charge in [0.25, 0.3) is 0 Å². The van der Waals surface area contributed by atoms with E-state index in [1.54, 1.807) is 26.0 Å². The third kappa shape index (κ3) is 4.29. The molecule has 0 unspecified atom stereocenters. The van der Waals surface area contributed by atoms with Gasteiger partial charge in [0.05, 0.1) is 24.9 Å². The summed E-state index contributed by atoms with van der Waals surface area (Å²) >= 11 is 0. The lowest BCUT2D eigenvalue weighted by Gasteiger charge is -2.15. The van der Waals surface area contributed by atoms with Crippen molar-refractivity contribution in [3.63, 3.8) is 0 Å². The van der Waals surface area contributed by atoms with Gasteiger partial charge in [0, 0.05) is 17.0 Å². The monoisotopic (exact) mass is 401 g/mol. The van der Waals surface area contributed by atoms with E-state index in [-0.39, 0.29) is 24.7 Å². The Hall–Kier alpha value is -3.62. The van der Waals surface area contributed by atoms with E-state index >= 15 is 0 Å². The highest BCUT2D eigenvalue weighted by Gasteiger charge is 2.16. The number of rotatable bonds is 7. The molecule has 1 heterocycles. The van der Waals surface area contributed by atoms with Gasteiger partial charge >= 0.3 is 5.97 Å². The summed E-state index contributed by atoms with van der Waals surface area (Å²) < 4.78 is 29.9. The molecule has 0 aliphatic rings. The molecule has 29 heavy (non-hydrogen) atoms. The smallest absolute Gasteiger partial charge is 0.344 e. The number of esters is 1. The molecule has 2 aromatic carbocycles. The first-order valence-electron chi connectivity index (χ1n) is 8.80. The molecule has 0 radical (unpaired) electrons. The predicted octanol–water partition coefficient (Wildman–Crippen LogP) is 3.48. The molecule has 8 nitrogen and oxygen atoms in total. The van der Waals surface area contributed by atoms with Crippen LogP contribution >= 0.6 is 0 Å². The number of carbonyl (C=O) groups excluding carboxylic acids is 1. The Morgan fingerprint density at radius 3 is 2.76 bits per heavy atom. The molecule has 3 aromatic rings. The van der Waals surface area contributed by atoms with Crippen LogP contribution in [0, 0.1) is 12.7 Å². The van der Waals surface area contributed by atoms with Crippen molar-refractivity contribution in [2.24, 2.45) is 0 Å². The van der Waals surface area contributed by atoms with Crippen LogP contribution < -0.4 is 14.8 Å². The lowest BCUT2D eigenvalue weighted by molar-refractivity contribution is -0.145. The van der Waals surface area contributed by atoms with Gasteiger partial charge in [-0.15, -0.1) is 0 Å². The summed E-state index contributed by atoms with van der Waals surface area (Å²) in [5.74, 6) is -0.120. The number of hydrogen-bond donors (Lipinski definition) is 2. The second-order valence-electron chi connectivity index (χ2n) is 6.03. The van der Waals surface area contributed by atoms with Crippen LogP contribution in [0.4, 0.5) is 15.9 Å². The summed E-state index contributed by atoms with van der Waals surface area (Å²) in [4.78, 5) is 19.9. The average Bonchev–Trinajstić information content (AvgIpc) is 2.72. The van der Waals surface area contributed by atoms with Crippen molar-refractivity contribution < 1.29 is 28.5 Å². The van der Waals surface area contributed by atoms with Crippen molar-refractivity contribution in [1.82, 2.24) is 9.97 Å². The lowest BCUT2D eigenvalue weighted by atomic mass is 10.1. The van der Waals surface area contributed by atoms with Gasteiger partial charge in [0.2, 0.25) is 0 Å². The molecule has 0 aliphatic carbocycles. The molecule has 0 bridgehead atoms. The fourth-order valence-electron chi connectivity index (χ4n) is 2.71. The largest absolute Gasteiger partial charge is 0.508 e. The van der Waals surface area contributed by atoms with Gasteiger partial charge in [0.1, 0.15) is 23.7 Å². The van der Waals surface area contributed by atoms with Crippen molar-refractivity contribution in [2.45, 2.75) is 13.8 Å². The van der Waals surface area contributed by atoms with E-state index in [2.05, 4.69) is 15.3 Å². The van der Waals surface area contributed by atoms with Gasteiger partial charge in [-0.1, -0.05) is 0 Å². The highest BCUT2D eigenvalue weighted by atomic mass is 19.1. The summed E-state index contributed by atoms with van der Waals surface area (Å²) in [6.45, 7) is 3.27. The molecular formula is C20H20FN3O5. The molecule has 0 amide bonds. The molecule has 1 aromatic heterocycles. The van der Waals surface area contributed by atoms with Crippen molar-refractivity contribution in [3.05, 3.63) is 42.0 Å². The molecule has 0 saturated carbocycles. The molecule has 0 aliphatic heterocycles. The normalized spacial score (nSPS) is 10.6. The van der Waals surface area contributed by atoms with Crippen molar-refractivity contribution in [1.29, 1.82) is 0 Å². The van der Waals surface area contributed by atoms with E-state index in [4.69, 9.17) is 14.2 Å². The van der Waals surface area contributed by atoms with E-state index in [9.17, 15) is 14.3 Å². The predicted molar refractivity (Wildman–Crippen MR) is 104 cm³/mol. The number of ether oxygens (including phenoxy) is 3. The summed E-state index contributed by atoms with van der Waals surface area (Å²) in [5.41, 5.74) is 0.935. The van der Waals surface area contributed by atoms with Crippen molar-refractivity contribution >= 4 is 28.4 Å². The number of phenols is 1. The van der Waals surface area contributed by atoms with Gasteiger partial charge < -0.3 is 24.6 Å². The van der Waals surface area contributed by atoms with Crippen LogP contribution in [0.3, 0.4) is 0 Å². The number of carbonyl (C=O) groups is 1. The van der Waals surface area contributed by atoms with E-state index in [0.29, 0.717) is 33.8 Å². The molecule has 0 spiro atoms. The van der Waals surface area contributed by atoms with Gasteiger partial charge in [-0.25, -0.2) is 19.2 Å². The lowest BCUT2D eigenvalue weighted by Crippen LogP contribution is -2.15. The summed E-state index contributed by atoms with van der Waals surface area (Å²) in [5, 5.41) is 13.3. The minimum absolute atomic E-state index is 0.0421. The SMILES string of the molecule is CCOC(=O)COc1cc2ncnc(Nc3c(F)ccc(O)c3C)c2cc1OC. The zero-order valence-electron chi connectivity index (χ0n) is 16.2. The van der Waals surface area contributed by atoms with E-state index in [1.165, 1.54) is 19.5 Å². The number of benzene rings is 2. The quantitative estimate of drug-likeness (QED) is 0.580. The first-order valence-corrected chi connectivity index (χ1v) is 8.80. The van der Waals surface area contributed by atoms with Crippen LogP contribution in [-0.2, 0) is 9.53 Å². The Labute approximate surface area is 166 Å². The number of methoxy groups -OCH3 is 1. The number of nitrogens with zero attached hydrogens (tertiary/aromatic N) is 2. The maximum Gasteiger partial charge on any atom is 0.344 e. The third-order valence-corrected chi connectivity index (χ3v) is 4.20. The Bertz CT molecular complexity index is 1060. The Kier molecular flexibility index (Phi) is 5.96. The van der Waals surface area contributed by atoms with E-state index < -0.39 is 11.8 Å². The molecule has 0 atom stereocenters. The average molecular weight is 401 g/mol. The van der Waals surface area contributed by atoms with Gasteiger partial charge in [-0.3, -0.25) is 0 Å². The van der Waals surface area contributed by atoms with Gasteiger partial charge in [-0.2, -0.15) is 0 Å². The number of aromatic nitrogens is 2. The van der Waals surface area contributed by atoms with Crippen LogP contribution in [0.5, 0.6) is 17.2 Å². The van der Waals surface area contributed by atoms with E-state index in [1.807, 2.05) is 0 Å². The van der Waals surface area contributed by atoms with Gasteiger partial charge in [0.15, 0.2) is 18.1 Å². The maximum atomic E-state index is 14.3. The standard InChI is InChI=1S/C20H20FN3O5/c1-4-28-18(26)9-29-17-8-14-12(7-16(17)27-3)20(23-10-22-14)24-19-11(2)15(25)6-5-13(19)21/h5-8,10,25H,4,9H2,1-3H3,(H,22,23,24). The third-order valence-electron chi connectivity index (χ3n) is 4.20. The first kappa shape index (κ1) is 20.1. The van der Waals surface area contributed by atoms with Crippen LogP contribution in [0.25, 0.3) is 10.9 Å². The topological polar surface area (TPSA) is 103 Å². The van der Waals surface area contributed by atoms with E-state index in [0.717, 1.165) is 6.07 Å². The Balaban J connectivity index is 1.99. The first-order chi connectivity index (χ1) is 13.9. The number of hydrogen-bond acceptors (Lipinski definition) is 8. The number of fused-ring (bicyclic) bond motifs is 1. The number of aromatic hydroxyl groups is 1. The van der Waals surface area contributed by atoms with Crippen molar-refractivity contribution in [3.8, 4) is 17.2 Å². The van der Waals surface area contributed by atoms with Crippen LogP contribution in [0.15, 0.2) is 30.6 Å². The molecule has 0 saturated heterocycles. The van der Waals surface area contributed by atoms with Crippen LogP contribution in [-0.4, -0.2) is 41.4 Å².